The fourth-order valence-electron chi connectivity index (χ4n) is 2.43. The van der Waals surface area contributed by atoms with Crippen LogP contribution in [0.5, 0.6) is 0 Å². The van der Waals surface area contributed by atoms with Gasteiger partial charge in [0.25, 0.3) is 5.91 Å². The average molecular weight is 371 g/mol. The van der Waals surface area contributed by atoms with Gasteiger partial charge in [0.05, 0.1) is 11.1 Å². The van der Waals surface area contributed by atoms with Crippen LogP contribution >= 0.6 is 11.8 Å². The third kappa shape index (κ3) is 4.73. The smallest absolute Gasteiger partial charge is 0.340 e. The number of thioether (sulfide) groups is 1. The number of carbonyl (C=O) groups is 2. The molecule has 26 heavy (non-hydrogen) atoms. The van der Waals surface area contributed by atoms with E-state index in [1.54, 1.807) is 24.5 Å². The Kier molecular flexibility index (Phi) is 6.98. The summed E-state index contributed by atoms with van der Waals surface area (Å²) in [4.78, 5) is 30.6. The van der Waals surface area contributed by atoms with Crippen molar-refractivity contribution in [1.29, 1.82) is 5.26 Å². The molecule has 0 aromatic carbocycles. The van der Waals surface area contributed by atoms with Crippen LogP contribution in [0.2, 0.25) is 0 Å². The number of rotatable bonds is 9. The largest absolute Gasteiger partial charge is 0.452 e. The molecule has 0 spiro atoms. The Bertz CT molecular complexity index is 756. The van der Waals surface area contributed by atoms with Crippen molar-refractivity contribution in [3.05, 3.63) is 48.2 Å². The minimum atomic E-state index is -0.688. The lowest BCUT2D eigenvalue weighted by atomic mass is 10.1. The van der Waals surface area contributed by atoms with E-state index in [0.29, 0.717) is 24.0 Å². The standard InChI is InChI=1S/C19H21N3O3S/c1-4-8-22(9-5-2)17(23)12-25-19(24)14-10-16(13-6-7-13)21-18(26-3)15(14)11-20/h4-5,10,13H,1-2,6-9,12H2,3H3. The molecular weight excluding hydrogens is 350 g/mol. The lowest BCUT2D eigenvalue weighted by molar-refractivity contribution is -0.133. The third-order valence-corrected chi connectivity index (χ3v) is 4.59. The van der Waals surface area contributed by atoms with Gasteiger partial charge >= 0.3 is 5.97 Å². The van der Waals surface area contributed by atoms with Crippen LogP contribution in [0, 0.1) is 11.3 Å². The van der Waals surface area contributed by atoms with E-state index in [-0.39, 0.29) is 17.0 Å². The maximum Gasteiger partial charge on any atom is 0.340 e. The number of ether oxygens (including phenoxy) is 1. The number of hydrogen-bond donors (Lipinski definition) is 0. The Morgan fingerprint density at radius 3 is 2.58 bits per heavy atom. The Hall–Kier alpha value is -2.59. The van der Waals surface area contributed by atoms with E-state index in [4.69, 9.17) is 4.74 Å². The van der Waals surface area contributed by atoms with Crippen LogP contribution in [0.1, 0.15) is 40.4 Å². The molecule has 0 radical (unpaired) electrons. The minimum absolute atomic E-state index is 0.167. The third-order valence-electron chi connectivity index (χ3n) is 3.91. The van der Waals surface area contributed by atoms with Gasteiger partial charge in [0, 0.05) is 24.7 Å². The van der Waals surface area contributed by atoms with Crippen molar-refractivity contribution in [3.63, 3.8) is 0 Å². The van der Waals surface area contributed by atoms with Gasteiger partial charge in [0.1, 0.15) is 11.1 Å². The second kappa shape index (κ2) is 9.20. The summed E-state index contributed by atoms with van der Waals surface area (Å²) in [5.41, 5.74) is 1.15. The number of amides is 1. The lowest BCUT2D eigenvalue weighted by Crippen LogP contribution is -2.35. The van der Waals surface area contributed by atoms with E-state index >= 15 is 0 Å². The number of carbonyl (C=O) groups excluding carboxylic acids is 2. The van der Waals surface area contributed by atoms with Gasteiger partial charge in [0.2, 0.25) is 0 Å². The van der Waals surface area contributed by atoms with Gasteiger partial charge in [-0.1, -0.05) is 12.2 Å². The Morgan fingerprint density at radius 2 is 2.08 bits per heavy atom. The van der Waals surface area contributed by atoms with Gasteiger partial charge in [0.15, 0.2) is 6.61 Å². The van der Waals surface area contributed by atoms with Crippen molar-refractivity contribution in [2.75, 3.05) is 26.0 Å². The van der Waals surface area contributed by atoms with Crippen molar-refractivity contribution < 1.29 is 14.3 Å². The van der Waals surface area contributed by atoms with Crippen LogP contribution in [0.3, 0.4) is 0 Å². The maximum absolute atomic E-state index is 12.5. The molecule has 0 bridgehead atoms. The van der Waals surface area contributed by atoms with Gasteiger partial charge < -0.3 is 9.64 Å². The molecule has 2 rings (SSSR count). The Morgan fingerprint density at radius 1 is 1.42 bits per heavy atom. The summed E-state index contributed by atoms with van der Waals surface area (Å²) in [6, 6.07) is 3.65. The summed E-state index contributed by atoms with van der Waals surface area (Å²) < 4.78 is 5.17. The molecular formula is C19H21N3O3S. The molecule has 1 amide bonds. The molecule has 0 atom stereocenters. The van der Waals surface area contributed by atoms with Crippen LogP contribution in [0.25, 0.3) is 0 Å². The van der Waals surface area contributed by atoms with Crippen LogP contribution in [-0.2, 0) is 9.53 Å². The molecule has 1 aromatic rings. The van der Waals surface area contributed by atoms with E-state index in [1.165, 1.54) is 16.7 Å². The number of nitriles is 1. The molecule has 0 aliphatic heterocycles. The minimum Gasteiger partial charge on any atom is -0.452 e. The number of esters is 1. The van der Waals surface area contributed by atoms with Crippen LogP contribution in [0.15, 0.2) is 36.4 Å². The molecule has 1 aliphatic carbocycles. The predicted octanol–water partition coefficient (Wildman–Crippen LogP) is 2.91. The van der Waals surface area contributed by atoms with Crippen LogP contribution < -0.4 is 0 Å². The topological polar surface area (TPSA) is 83.3 Å². The van der Waals surface area contributed by atoms with Crippen molar-refractivity contribution in [1.82, 2.24) is 9.88 Å². The highest BCUT2D eigenvalue weighted by molar-refractivity contribution is 7.98. The van der Waals surface area contributed by atoms with E-state index in [2.05, 4.69) is 18.1 Å². The number of pyridine rings is 1. The normalized spacial score (nSPS) is 12.8. The monoisotopic (exact) mass is 371 g/mol. The van der Waals surface area contributed by atoms with Gasteiger partial charge in [-0.15, -0.1) is 24.9 Å². The second-order valence-electron chi connectivity index (χ2n) is 5.82. The number of nitrogens with zero attached hydrogens (tertiary/aromatic N) is 3. The highest BCUT2D eigenvalue weighted by Gasteiger charge is 2.29. The summed E-state index contributed by atoms with van der Waals surface area (Å²) in [6.07, 6.45) is 7.04. The van der Waals surface area contributed by atoms with E-state index in [0.717, 1.165) is 18.5 Å². The molecule has 136 valence electrons. The second-order valence-corrected chi connectivity index (χ2v) is 6.61. The highest BCUT2D eigenvalue weighted by atomic mass is 32.2. The lowest BCUT2D eigenvalue weighted by Gasteiger charge is -2.19. The average Bonchev–Trinajstić information content (AvgIpc) is 3.49. The summed E-state index contributed by atoms with van der Waals surface area (Å²) in [6.45, 7) is 7.47. The molecule has 6 nitrogen and oxygen atoms in total. The SMILES string of the molecule is C=CCN(CC=C)C(=O)COC(=O)c1cc(C2CC2)nc(SC)c1C#N. The first-order valence-electron chi connectivity index (χ1n) is 8.21. The van der Waals surface area contributed by atoms with Gasteiger partial charge in [-0.25, -0.2) is 9.78 Å². The fraction of sp³-hybridized carbons (Fsp3) is 0.368. The first kappa shape index (κ1) is 19.7. The first-order chi connectivity index (χ1) is 12.5. The number of aromatic nitrogens is 1. The van der Waals surface area contributed by atoms with Gasteiger partial charge in [-0.05, 0) is 25.2 Å². The molecule has 7 heteroatoms. The predicted molar refractivity (Wildman–Crippen MR) is 100.0 cm³/mol. The summed E-state index contributed by atoms with van der Waals surface area (Å²) in [5, 5.41) is 9.93. The van der Waals surface area contributed by atoms with E-state index in [9.17, 15) is 14.9 Å². The Balaban J connectivity index is 2.17. The molecule has 1 heterocycles. The Labute approximate surface area is 157 Å². The summed E-state index contributed by atoms with van der Waals surface area (Å²) in [5.74, 6) is -0.706. The maximum atomic E-state index is 12.5. The zero-order chi connectivity index (χ0) is 19.1. The highest BCUT2D eigenvalue weighted by Crippen LogP contribution is 2.40. The summed E-state index contributed by atoms with van der Waals surface area (Å²) in [7, 11) is 0. The van der Waals surface area contributed by atoms with Crippen molar-refractivity contribution >= 4 is 23.6 Å². The van der Waals surface area contributed by atoms with Gasteiger partial charge in [-0.2, -0.15) is 5.26 Å². The zero-order valence-corrected chi connectivity index (χ0v) is 15.6. The first-order valence-corrected chi connectivity index (χ1v) is 9.43. The van der Waals surface area contributed by atoms with Crippen LogP contribution in [-0.4, -0.2) is 47.7 Å². The summed E-state index contributed by atoms with van der Waals surface area (Å²) >= 11 is 1.31. The quantitative estimate of drug-likeness (QED) is 0.377. The fourth-order valence-corrected chi connectivity index (χ4v) is 2.99. The molecule has 1 aliphatic rings. The van der Waals surface area contributed by atoms with Crippen molar-refractivity contribution in [2.45, 2.75) is 23.8 Å². The molecule has 1 saturated carbocycles. The zero-order valence-electron chi connectivity index (χ0n) is 14.7. The van der Waals surface area contributed by atoms with Gasteiger partial charge in [-0.3, -0.25) is 4.79 Å². The molecule has 1 aromatic heterocycles. The van der Waals surface area contributed by atoms with Crippen molar-refractivity contribution in [2.24, 2.45) is 0 Å². The van der Waals surface area contributed by atoms with E-state index < -0.39 is 12.6 Å². The number of hydrogen-bond acceptors (Lipinski definition) is 6. The molecule has 0 unspecified atom stereocenters. The molecule has 0 N–H and O–H groups in total. The van der Waals surface area contributed by atoms with Crippen LogP contribution in [0.4, 0.5) is 0 Å². The molecule has 1 fully saturated rings. The van der Waals surface area contributed by atoms with E-state index in [1.807, 2.05) is 6.07 Å². The molecule has 0 saturated heterocycles. The van der Waals surface area contributed by atoms with Crippen molar-refractivity contribution in [3.8, 4) is 6.07 Å².